The second kappa shape index (κ2) is 7.23. The van der Waals surface area contributed by atoms with Crippen LogP contribution in [0.25, 0.3) is 0 Å². The number of halogens is 1. The number of rotatable bonds is 5. The zero-order valence-corrected chi connectivity index (χ0v) is 14.9. The molecule has 0 atom stereocenters. The first-order chi connectivity index (χ1) is 11.2. The predicted octanol–water partition coefficient (Wildman–Crippen LogP) is 3.86. The number of methoxy groups -OCH3 is 1. The monoisotopic (exact) mass is 377 g/mol. The highest BCUT2D eigenvalue weighted by Crippen LogP contribution is 2.31. The minimum absolute atomic E-state index is 0.617. The van der Waals surface area contributed by atoms with E-state index in [1.165, 1.54) is 11.1 Å². The summed E-state index contributed by atoms with van der Waals surface area (Å²) in [5.41, 5.74) is 2.45. The highest BCUT2D eigenvalue weighted by Gasteiger charge is 2.12. The molecular formula is C18H20BrNO3. The van der Waals surface area contributed by atoms with Gasteiger partial charge in [-0.15, -0.1) is 0 Å². The first-order valence-electron chi connectivity index (χ1n) is 7.55. The Labute approximate surface area is 145 Å². The van der Waals surface area contributed by atoms with Crippen molar-refractivity contribution in [2.24, 2.45) is 0 Å². The van der Waals surface area contributed by atoms with Gasteiger partial charge in [-0.25, -0.2) is 0 Å². The molecule has 0 saturated heterocycles. The molecular weight excluding hydrogens is 358 g/mol. The second-order valence-corrected chi connectivity index (χ2v) is 6.47. The van der Waals surface area contributed by atoms with Crippen molar-refractivity contribution >= 4 is 15.9 Å². The molecule has 1 heterocycles. The van der Waals surface area contributed by atoms with Gasteiger partial charge in [0.1, 0.15) is 19.0 Å². The summed E-state index contributed by atoms with van der Waals surface area (Å²) < 4.78 is 17.4. The largest absolute Gasteiger partial charge is 0.496 e. The molecule has 0 radical (unpaired) electrons. The number of ether oxygens (including phenoxy) is 3. The quantitative estimate of drug-likeness (QED) is 0.791. The molecule has 5 heteroatoms. The lowest BCUT2D eigenvalue weighted by Gasteiger charge is -2.21. The maximum atomic E-state index is 5.64. The molecule has 0 aliphatic carbocycles. The molecule has 1 aliphatic rings. The van der Waals surface area contributed by atoms with E-state index in [1.54, 1.807) is 7.11 Å². The van der Waals surface area contributed by atoms with Gasteiger partial charge in [-0.2, -0.15) is 0 Å². The summed E-state index contributed by atoms with van der Waals surface area (Å²) in [5, 5.41) is 0. The molecule has 0 fully saturated rings. The number of hydrogen-bond donors (Lipinski definition) is 0. The van der Waals surface area contributed by atoms with Crippen LogP contribution in [0.3, 0.4) is 0 Å². The molecule has 0 unspecified atom stereocenters. The summed E-state index contributed by atoms with van der Waals surface area (Å²) in [5.74, 6) is 2.53. The van der Waals surface area contributed by atoms with Gasteiger partial charge in [0.15, 0.2) is 11.5 Å². The van der Waals surface area contributed by atoms with Gasteiger partial charge in [-0.05, 0) is 58.4 Å². The Balaban J connectivity index is 1.65. The number of benzene rings is 2. The van der Waals surface area contributed by atoms with Gasteiger partial charge < -0.3 is 14.2 Å². The Bertz CT molecular complexity index is 690. The van der Waals surface area contributed by atoms with Crippen molar-refractivity contribution in [3.63, 3.8) is 0 Å². The highest BCUT2D eigenvalue weighted by molar-refractivity contribution is 9.10. The molecule has 2 aromatic rings. The molecule has 0 bridgehead atoms. The summed E-state index contributed by atoms with van der Waals surface area (Å²) in [4.78, 5) is 2.26. The van der Waals surface area contributed by atoms with Gasteiger partial charge >= 0.3 is 0 Å². The lowest BCUT2D eigenvalue weighted by Crippen LogP contribution is -2.18. The van der Waals surface area contributed by atoms with E-state index in [0.717, 1.165) is 34.8 Å². The molecule has 0 amide bonds. The van der Waals surface area contributed by atoms with Crippen molar-refractivity contribution < 1.29 is 14.2 Å². The van der Waals surface area contributed by atoms with Crippen molar-refractivity contribution in [2.45, 2.75) is 13.1 Å². The van der Waals surface area contributed by atoms with Crippen LogP contribution in [0.4, 0.5) is 0 Å². The van der Waals surface area contributed by atoms with Gasteiger partial charge in [0.25, 0.3) is 0 Å². The van der Waals surface area contributed by atoms with E-state index < -0.39 is 0 Å². The van der Waals surface area contributed by atoms with Gasteiger partial charge in [-0.1, -0.05) is 12.1 Å². The summed E-state index contributed by atoms with van der Waals surface area (Å²) >= 11 is 3.53. The predicted molar refractivity (Wildman–Crippen MR) is 93.3 cm³/mol. The zero-order chi connectivity index (χ0) is 16.2. The van der Waals surface area contributed by atoms with E-state index in [0.29, 0.717) is 13.2 Å². The Morgan fingerprint density at radius 1 is 1.00 bits per heavy atom. The number of nitrogens with zero attached hydrogens (tertiary/aromatic N) is 1. The van der Waals surface area contributed by atoms with Crippen molar-refractivity contribution in [1.82, 2.24) is 4.90 Å². The van der Waals surface area contributed by atoms with Crippen LogP contribution >= 0.6 is 15.9 Å². The summed E-state index contributed by atoms with van der Waals surface area (Å²) in [6.07, 6.45) is 0. The lowest BCUT2D eigenvalue weighted by atomic mass is 10.1. The average molecular weight is 378 g/mol. The van der Waals surface area contributed by atoms with Crippen molar-refractivity contribution in [1.29, 1.82) is 0 Å². The summed E-state index contributed by atoms with van der Waals surface area (Å²) in [7, 11) is 3.78. The molecule has 4 nitrogen and oxygen atoms in total. The minimum Gasteiger partial charge on any atom is -0.496 e. The van der Waals surface area contributed by atoms with Gasteiger partial charge in [0.2, 0.25) is 0 Å². The molecule has 23 heavy (non-hydrogen) atoms. The normalized spacial score (nSPS) is 13.2. The van der Waals surface area contributed by atoms with E-state index in [4.69, 9.17) is 14.2 Å². The van der Waals surface area contributed by atoms with Crippen LogP contribution in [-0.4, -0.2) is 32.3 Å². The van der Waals surface area contributed by atoms with Crippen molar-refractivity contribution in [3.05, 3.63) is 52.0 Å². The molecule has 122 valence electrons. The van der Waals surface area contributed by atoms with Crippen molar-refractivity contribution in [2.75, 3.05) is 27.4 Å². The third-order valence-corrected chi connectivity index (χ3v) is 4.35. The Kier molecular flexibility index (Phi) is 5.08. The minimum atomic E-state index is 0.617. The summed E-state index contributed by atoms with van der Waals surface area (Å²) in [6, 6.07) is 12.3. The fraction of sp³-hybridized carbons (Fsp3) is 0.333. The average Bonchev–Trinajstić information content (AvgIpc) is 2.55. The second-order valence-electron chi connectivity index (χ2n) is 5.62. The molecule has 0 aromatic heterocycles. The first-order valence-corrected chi connectivity index (χ1v) is 8.34. The van der Waals surface area contributed by atoms with Gasteiger partial charge in [0, 0.05) is 13.1 Å². The van der Waals surface area contributed by atoms with E-state index in [2.05, 4.69) is 52.1 Å². The van der Waals surface area contributed by atoms with Crippen LogP contribution in [0.15, 0.2) is 40.9 Å². The van der Waals surface area contributed by atoms with E-state index in [9.17, 15) is 0 Å². The third kappa shape index (κ3) is 3.98. The third-order valence-electron chi connectivity index (χ3n) is 3.73. The fourth-order valence-electron chi connectivity index (χ4n) is 2.67. The number of fused-ring (bicyclic) bond motifs is 1. The van der Waals surface area contributed by atoms with E-state index >= 15 is 0 Å². The molecule has 0 N–H and O–H groups in total. The molecule has 2 aromatic carbocycles. The van der Waals surface area contributed by atoms with Crippen LogP contribution in [-0.2, 0) is 13.1 Å². The highest BCUT2D eigenvalue weighted by atomic mass is 79.9. The SMILES string of the molecule is COc1ccc(CN(C)Cc2ccc3c(c2)OCCO3)cc1Br. The Morgan fingerprint density at radius 2 is 1.65 bits per heavy atom. The lowest BCUT2D eigenvalue weighted by molar-refractivity contribution is 0.171. The number of hydrogen-bond acceptors (Lipinski definition) is 4. The fourth-order valence-corrected chi connectivity index (χ4v) is 3.26. The van der Waals surface area contributed by atoms with Crippen LogP contribution < -0.4 is 14.2 Å². The standard InChI is InChI=1S/C18H20BrNO3/c1-20(11-13-3-5-16(21-2)15(19)9-13)12-14-4-6-17-18(10-14)23-8-7-22-17/h3-6,9-10H,7-8,11-12H2,1-2H3. The molecule has 0 spiro atoms. The van der Waals surface area contributed by atoms with Crippen LogP contribution in [0.5, 0.6) is 17.2 Å². The van der Waals surface area contributed by atoms with Crippen LogP contribution in [0.1, 0.15) is 11.1 Å². The summed E-state index contributed by atoms with van der Waals surface area (Å²) in [6.45, 7) is 2.95. The topological polar surface area (TPSA) is 30.9 Å². The Hall–Kier alpha value is -1.72. The maximum absolute atomic E-state index is 5.64. The van der Waals surface area contributed by atoms with Crippen molar-refractivity contribution in [3.8, 4) is 17.2 Å². The first kappa shape index (κ1) is 16.1. The van der Waals surface area contributed by atoms with Crippen LogP contribution in [0, 0.1) is 0 Å². The molecule has 3 rings (SSSR count). The van der Waals surface area contributed by atoms with E-state index in [1.807, 2.05) is 12.1 Å². The smallest absolute Gasteiger partial charge is 0.161 e. The van der Waals surface area contributed by atoms with Crippen LogP contribution in [0.2, 0.25) is 0 Å². The van der Waals surface area contributed by atoms with E-state index in [-0.39, 0.29) is 0 Å². The molecule has 1 aliphatic heterocycles. The maximum Gasteiger partial charge on any atom is 0.161 e. The van der Waals surface area contributed by atoms with Gasteiger partial charge in [0.05, 0.1) is 11.6 Å². The zero-order valence-electron chi connectivity index (χ0n) is 13.3. The Morgan fingerprint density at radius 3 is 2.35 bits per heavy atom. The van der Waals surface area contributed by atoms with Gasteiger partial charge in [-0.3, -0.25) is 4.90 Å². The molecule has 0 saturated carbocycles.